The largest absolute Gasteiger partial charge is 0.356 e. The first-order chi connectivity index (χ1) is 11.2. The quantitative estimate of drug-likeness (QED) is 0.706. The fourth-order valence-electron chi connectivity index (χ4n) is 2.54. The lowest BCUT2D eigenvalue weighted by atomic mass is 9.86. The van der Waals surface area contributed by atoms with Gasteiger partial charge < -0.3 is 10.6 Å². The van der Waals surface area contributed by atoms with Crippen LogP contribution in [-0.4, -0.2) is 5.11 Å². The molecule has 0 spiro atoms. The summed E-state index contributed by atoms with van der Waals surface area (Å²) < 4.78 is 0. The van der Waals surface area contributed by atoms with Crippen LogP contribution in [0.1, 0.15) is 56.0 Å². The Hall–Kier alpha value is -1.87. The maximum absolute atomic E-state index is 5.45. The van der Waals surface area contributed by atoms with Crippen molar-refractivity contribution in [2.75, 3.05) is 5.32 Å². The summed E-state index contributed by atoms with van der Waals surface area (Å²) in [6.07, 6.45) is 0. The first kappa shape index (κ1) is 18.5. The Bertz CT molecular complexity index is 712. The fraction of sp³-hybridized carbons (Fsp3) is 0.381. The van der Waals surface area contributed by atoms with Crippen LogP contribution in [0.2, 0.25) is 0 Å². The molecule has 0 fully saturated rings. The third kappa shape index (κ3) is 4.81. The smallest absolute Gasteiger partial charge is 0.171 e. The second kappa shape index (κ2) is 7.35. The van der Waals surface area contributed by atoms with Crippen LogP contribution in [0.25, 0.3) is 0 Å². The number of benzene rings is 2. The number of nitrogens with one attached hydrogen (secondary N) is 2. The Morgan fingerprint density at radius 3 is 2.12 bits per heavy atom. The van der Waals surface area contributed by atoms with Gasteiger partial charge in [0.05, 0.1) is 6.04 Å². The average Bonchev–Trinajstić information content (AvgIpc) is 2.50. The summed E-state index contributed by atoms with van der Waals surface area (Å²) in [7, 11) is 0. The van der Waals surface area contributed by atoms with E-state index in [1.165, 1.54) is 22.3 Å². The van der Waals surface area contributed by atoms with Gasteiger partial charge in [0.25, 0.3) is 0 Å². The van der Waals surface area contributed by atoms with Crippen molar-refractivity contribution in [2.24, 2.45) is 0 Å². The highest BCUT2D eigenvalue weighted by molar-refractivity contribution is 7.80. The highest BCUT2D eigenvalue weighted by atomic mass is 32.1. The molecule has 0 aromatic heterocycles. The van der Waals surface area contributed by atoms with Crippen molar-refractivity contribution < 1.29 is 0 Å². The van der Waals surface area contributed by atoms with Gasteiger partial charge in [-0.3, -0.25) is 0 Å². The molecule has 2 rings (SSSR count). The van der Waals surface area contributed by atoms with E-state index in [0.29, 0.717) is 5.11 Å². The van der Waals surface area contributed by atoms with E-state index >= 15 is 0 Å². The molecule has 0 radical (unpaired) electrons. The van der Waals surface area contributed by atoms with Crippen LogP contribution in [0.4, 0.5) is 5.69 Å². The third-order valence-electron chi connectivity index (χ3n) is 4.39. The minimum Gasteiger partial charge on any atom is -0.356 e. The van der Waals surface area contributed by atoms with Crippen LogP contribution in [0.5, 0.6) is 0 Å². The second-order valence-electron chi connectivity index (χ2n) is 7.49. The zero-order chi connectivity index (χ0) is 17.9. The second-order valence-corrected chi connectivity index (χ2v) is 7.90. The molecule has 0 saturated heterocycles. The molecule has 0 saturated carbocycles. The molecule has 2 N–H and O–H groups in total. The molecule has 0 amide bonds. The fourth-order valence-corrected chi connectivity index (χ4v) is 2.83. The van der Waals surface area contributed by atoms with Crippen molar-refractivity contribution in [1.82, 2.24) is 5.32 Å². The van der Waals surface area contributed by atoms with Crippen LogP contribution in [0.3, 0.4) is 0 Å². The summed E-state index contributed by atoms with van der Waals surface area (Å²) >= 11 is 5.45. The zero-order valence-corrected chi connectivity index (χ0v) is 16.3. The number of hydrogen-bond donors (Lipinski definition) is 2. The molecule has 3 heteroatoms. The molecule has 0 aliphatic heterocycles. The van der Waals surface area contributed by atoms with E-state index in [1.54, 1.807) is 0 Å². The molecule has 0 aliphatic rings. The van der Waals surface area contributed by atoms with Crippen LogP contribution in [0.15, 0.2) is 42.5 Å². The van der Waals surface area contributed by atoms with E-state index in [4.69, 9.17) is 12.2 Å². The van der Waals surface area contributed by atoms with Gasteiger partial charge in [-0.15, -0.1) is 0 Å². The van der Waals surface area contributed by atoms with E-state index in [9.17, 15) is 0 Å². The summed E-state index contributed by atoms with van der Waals surface area (Å²) in [6.45, 7) is 13.0. The van der Waals surface area contributed by atoms with Crippen molar-refractivity contribution in [3.05, 3.63) is 64.7 Å². The van der Waals surface area contributed by atoms with Crippen molar-refractivity contribution in [3.63, 3.8) is 0 Å². The lowest BCUT2D eigenvalue weighted by Crippen LogP contribution is -2.31. The minimum absolute atomic E-state index is 0.158. The van der Waals surface area contributed by atoms with E-state index in [1.807, 2.05) is 0 Å². The Morgan fingerprint density at radius 1 is 0.958 bits per heavy atom. The molecule has 128 valence electrons. The van der Waals surface area contributed by atoms with Gasteiger partial charge in [-0.1, -0.05) is 51.1 Å². The van der Waals surface area contributed by atoms with Crippen LogP contribution >= 0.6 is 12.2 Å². The van der Waals surface area contributed by atoms with Gasteiger partial charge >= 0.3 is 0 Å². The Balaban J connectivity index is 1.99. The van der Waals surface area contributed by atoms with Gasteiger partial charge in [-0.25, -0.2) is 0 Å². The van der Waals surface area contributed by atoms with Crippen molar-refractivity contribution >= 4 is 23.0 Å². The highest BCUT2D eigenvalue weighted by Crippen LogP contribution is 2.24. The summed E-state index contributed by atoms with van der Waals surface area (Å²) in [6, 6.07) is 15.2. The maximum atomic E-state index is 5.45. The average molecular weight is 341 g/mol. The van der Waals surface area contributed by atoms with E-state index < -0.39 is 0 Å². The Morgan fingerprint density at radius 2 is 1.58 bits per heavy atom. The molecular weight excluding hydrogens is 312 g/mol. The van der Waals surface area contributed by atoms with Gasteiger partial charge in [0.1, 0.15) is 0 Å². The molecule has 2 nitrogen and oxygen atoms in total. The van der Waals surface area contributed by atoms with Crippen molar-refractivity contribution in [2.45, 2.75) is 53.0 Å². The number of rotatable bonds is 3. The third-order valence-corrected chi connectivity index (χ3v) is 4.61. The van der Waals surface area contributed by atoms with Gasteiger partial charge in [0.15, 0.2) is 5.11 Å². The topological polar surface area (TPSA) is 24.1 Å². The van der Waals surface area contributed by atoms with Gasteiger partial charge in [-0.2, -0.15) is 0 Å². The van der Waals surface area contributed by atoms with Gasteiger partial charge in [0, 0.05) is 5.69 Å². The molecule has 2 aromatic carbocycles. The highest BCUT2D eigenvalue weighted by Gasteiger charge is 2.14. The number of anilines is 1. The van der Waals surface area contributed by atoms with Crippen LogP contribution in [-0.2, 0) is 5.41 Å². The van der Waals surface area contributed by atoms with Crippen molar-refractivity contribution in [1.29, 1.82) is 0 Å². The summed E-state index contributed by atoms with van der Waals surface area (Å²) in [5.41, 5.74) is 6.31. The minimum atomic E-state index is 0.158. The predicted molar refractivity (Wildman–Crippen MR) is 109 cm³/mol. The summed E-state index contributed by atoms with van der Waals surface area (Å²) in [5, 5.41) is 7.27. The SMILES string of the molecule is Cc1ccc(NC(=S)NC(C)c2ccc(C(C)(C)C)cc2)cc1C. The number of hydrogen-bond acceptors (Lipinski definition) is 1. The first-order valence-corrected chi connectivity index (χ1v) is 8.83. The van der Waals surface area contributed by atoms with Gasteiger partial charge in [0.2, 0.25) is 0 Å². The number of thiocarbonyl (C=S) groups is 1. The van der Waals surface area contributed by atoms with E-state index in [0.717, 1.165) is 5.69 Å². The molecule has 24 heavy (non-hydrogen) atoms. The standard InChI is InChI=1S/C21H28N2S/c1-14-7-12-19(13-15(14)2)23-20(24)22-16(3)17-8-10-18(11-9-17)21(4,5)6/h7-13,16H,1-6H3,(H2,22,23,24). The lowest BCUT2D eigenvalue weighted by molar-refractivity contribution is 0.589. The first-order valence-electron chi connectivity index (χ1n) is 8.42. The van der Waals surface area contributed by atoms with Crippen LogP contribution < -0.4 is 10.6 Å². The molecular formula is C21H28N2S. The molecule has 1 atom stereocenters. The van der Waals surface area contributed by atoms with E-state index in [2.05, 4.69) is 94.6 Å². The molecule has 0 heterocycles. The number of aryl methyl sites for hydroxylation is 2. The predicted octanol–water partition coefficient (Wildman–Crippen LogP) is 5.65. The normalized spacial score (nSPS) is 12.6. The molecule has 2 aromatic rings. The van der Waals surface area contributed by atoms with E-state index in [-0.39, 0.29) is 11.5 Å². The molecule has 1 unspecified atom stereocenters. The van der Waals surface area contributed by atoms with Crippen LogP contribution in [0, 0.1) is 13.8 Å². The summed E-state index contributed by atoms with van der Waals surface area (Å²) in [5.74, 6) is 0. The molecule has 0 bridgehead atoms. The zero-order valence-electron chi connectivity index (χ0n) is 15.5. The Labute approximate surface area is 151 Å². The lowest BCUT2D eigenvalue weighted by Gasteiger charge is -2.21. The monoisotopic (exact) mass is 340 g/mol. The Kier molecular flexibility index (Phi) is 5.66. The summed E-state index contributed by atoms with van der Waals surface area (Å²) in [4.78, 5) is 0. The molecule has 0 aliphatic carbocycles. The van der Waals surface area contributed by atoms with Gasteiger partial charge in [-0.05, 0) is 72.8 Å². The maximum Gasteiger partial charge on any atom is 0.171 e. The van der Waals surface area contributed by atoms with Crippen molar-refractivity contribution in [3.8, 4) is 0 Å².